The van der Waals surface area contributed by atoms with Crippen LogP contribution >= 0.6 is 0 Å². The Morgan fingerprint density at radius 2 is 1.80 bits per heavy atom. The summed E-state index contributed by atoms with van der Waals surface area (Å²) in [5.41, 5.74) is 3.87. The summed E-state index contributed by atoms with van der Waals surface area (Å²) in [7, 11) is 1.44. The highest BCUT2D eigenvalue weighted by atomic mass is 16.6. The molecule has 1 aliphatic rings. The monoisotopic (exact) mass is 474 g/mol. The zero-order valence-corrected chi connectivity index (χ0v) is 19.3. The first-order valence-electron chi connectivity index (χ1n) is 11.3. The molecule has 10 nitrogen and oxygen atoms in total. The SMILES string of the molecule is CNC(=O)C1OC(n2cnc3c(NCc4ccccc4)nc(-c4ccc(C)cc4)nc32)C(O)C1O. The van der Waals surface area contributed by atoms with E-state index in [2.05, 4.69) is 15.6 Å². The standard InChI is InChI=1S/C25H26N6O4/c1-14-8-10-16(11-9-14)21-29-22(27-12-15-6-4-3-5-7-15)17-23(30-21)31(13-28-17)25-19(33)18(32)20(35-25)24(34)26-2/h3-11,13,18-20,25,32-33H,12H2,1-2H3,(H,26,34)(H,27,29,30). The molecule has 4 unspecified atom stereocenters. The van der Waals surface area contributed by atoms with Gasteiger partial charge in [0.1, 0.15) is 12.2 Å². The third kappa shape index (κ3) is 4.34. The van der Waals surface area contributed by atoms with Gasteiger partial charge in [0.05, 0.1) is 6.33 Å². The molecule has 0 spiro atoms. The van der Waals surface area contributed by atoms with Crippen molar-refractivity contribution in [3.63, 3.8) is 0 Å². The number of amides is 1. The van der Waals surface area contributed by atoms with E-state index in [1.54, 1.807) is 0 Å². The number of imidazole rings is 1. The fourth-order valence-corrected chi connectivity index (χ4v) is 4.09. The number of aliphatic hydroxyl groups is 2. The number of nitrogens with one attached hydrogen (secondary N) is 2. The van der Waals surface area contributed by atoms with Crippen LogP contribution in [-0.4, -0.2) is 61.0 Å². The van der Waals surface area contributed by atoms with E-state index in [4.69, 9.17) is 14.7 Å². The Labute approximate surface area is 201 Å². The van der Waals surface area contributed by atoms with Crippen molar-refractivity contribution in [1.82, 2.24) is 24.8 Å². The van der Waals surface area contributed by atoms with Gasteiger partial charge in [-0.3, -0.25) is 9.36 Å². The third-order valence-corrected chi connectivity index (χ3v) is 6.05. The highest BCUT2D eigenvalue weighted by Gasteiger charge is 2.47. The first-order chi connectivity index (χ1) is 17.0. The Morgan fingerprint density at radius 1 is 1.06 bits per heavy atom. The number of rotatable bonds is 6. The number of carbonyl (C=O) groups excluding carboxylic acids is 1. The molecule has 1 fully saturated rings. The van der Waals surface area contributed by atoms with Crippen LogP contribution in [0.5, 0.6) is 0 Å². The number of hydrogen-bond donors (Lipinski definition) is 4. The van der Waals surface area contributed by atoms with Gasteiger partial charge in [-0.15, -0.1) is 0 Å². The van der Waals surface area contributed by atoms with E-state index in [0.29, 0.717) is 29.4 Å². The van der Waals surface area contributed by atoms with Gasteiger partial charge < -0.3 is 25.6 Å². The van der Waals surface area contributed by atoms with E-state index in [9.17, 15) is 15.0 Å². The second kappa shape index (κ2) is 9.41. The van der Waals surface area contributed by atoms with Crippen LogP contribution in [0, 0.1) is 6.92 Å². The number of hydrogen-bond acceptors (Lipinski definition) is 8. The molecule has 0 radical (unpaired) electrons. The molecule has 1 aliphatic heterocycles. The topological polar surface area (TPSA) is 134 Å². The van der Waals surface area contributed by atoms with Crippen molar-refractivity contribution < 1.29 is 19.7 Å². The van der Waals surface area contributed by atoms with Gasteiger partial charge in [0, 0.05) is 19.2 Å². The molecule has 10 heteroatoms. The number of fused-ring (bicyclic) bond motifs is 1. The van der Waals surface area contributed by atoms with Crippen molar-refractivity contribution >= 4 is 22.9 Å². The summed E-state index contributed by atoms with van der Waals surface area (Å²) in [5, 5.41) is 26.9. The van der Waals surface area contributed by atoms with Crippen LogP contribution < -0.4 is 10.6 Å². The molecular formula is C25H26N6O4. The van der Waals surface area contributed by atoms with Gasteiger partial charge >= 0.3 is 0 Å². The van der Waals surface area contributed by atoms with Gasteiger partial charge in [0.15, 0.2) is 35.1 Å². The van der Waals surface area contributed by atoms with Gasteiger partial charge in [-0.1, -0.05) is 60.2 Å². The van der Waals surface area contributed by atoms with Crippen molar-refractivity contribution in [3.05, 3.63) is 72.1 Å². The first-order valence-corrected chi connectivity index (χ1v) is 11.3. The molecule has 0 saturated carbocycles. The number of anilines is 1. The van der Waals surface area contributed by atoms with Gasteiger partial charge in [0.2, 0.25) is 0 Å². The lowest BCUT2D eigenvalue weighted by Crippen LogP contribution is -2.41. The predicted octanol–water partition coefficient (Wildman–Crippen LogP) is 1.78. The largest absolute Gasteiger partial charge is 0.387 e. The summed E-state index contributed by atoms with van der Waals surface area (Å²) >= 11 is 0. The zero-order chi connectivity index (χ0) is 24.5. The van der Waals surface area contributed by atoms with Crippen LogP contribution in [0.4, 0.5) is 5.82 Å². The van der Waals surface area contributed by atoms with E-state index in [1.807, 2.05) is 61.5 Å². The molecule has 1 saturated heterocycles. The van der Waals surface area contributed by atoms with E-state index in [-0.39, 0.29) is 0 Å². The lowest BCUT2D eigenvalue weighted by atomic mass is 10.1. The normalized spacial score (nSPS) is 21.8. The minimum absolute atomic E-state index is 0.403. The van der Waals surface area contributed by atoms with Crippen LogP contribution in [-0.2, 0) is 16.1 Å². The van der Waals surface area contributed by atoms with Crippen molar-refractivity contribution in [2.45, 2.75) is 38.0 Å². The summed E-state index contributed by atoms with van der Waals surface area (Å²) in [6.45, 7) is 2.52. The third-order valence-electron chi connectivity index (χ3n) is 6.05. The van der Waals surface area contributed by atoms with Gasteiger partial charge in [-0.05, 0) is 12.5 Å². The molecule has 4 aromatic rings. The minimum atomic E-state index is -1.40. The van der Waals surface area contributed by atoms with Crippen LogP contribution in [0.25, 0.3) is 22.6 Å². The second-order valence-corrected chi connectivity index (χ2v) is 8.47. The summed E-state index contributed by atoms with van der Waals surface area (Å²) in [6.07, 6.45) is -3.55. The molecule has 0 bridgehead atoms. The Bertz CT molecular complexity index is 1340. The number of aromatic nitrogens is 4. The molecule has 4 N–H and O–H groups in total. The smallest absolute Gasteiger partial charge is 0.251 e. The molecule has 2 aromatic carbocycles. The average molecular weight is 475 g/mol. The number of nitrogens with zero attached hydrogens (tertiary/aromatic N) is 4. The fraction of sp³-hybridized carbons (Fsp3) is 0.280. The van der Waals surface area contributed by atoms with Crippen LogP contribution in [0.3, 0.4) is 0 Å². The maximum absolute atomic E-state index is 12.1. The van der Waals surface area contributed by atoms with E-state index >= 15 is 0 Å². The molecule has 5 rings (SSSR count). The number of benzene rings is 2. The minimum Gasteiger partial charge on any atom is -0.387 e. The predicted molar refractivity (Wildman–Crippen MR) is 129 cm³/mol. The quantitative estimate of drug-likeness (QED) is 0.332. The Balaban J connectivity index is 1.58. The van der Waals surface area contributed by atoms with Gasteiger partial charge in [0.25, 0.3) is 5.91 Å². The molecular weight excluding hydrogens is 448 g/mol. The van der Waals surface area contributed by atoms with Crippen molar-refractivity contribution in [1.29, 1.82) is 0 Å². The highest BCUT2D eigenvalue weighted by molar-refractivity contribution is 5.85. The number of ether oxygens (including phenoxy) is 1. The van der Waals surface area contributed by atoms with Gasteiger partial charge in [-0.2, -0.15) is 0 Å². The maximum Gasteiger partial charge on any atom is 0.251 e. The van der Waals surface area contributed by atoms with Crippen molar-refractivity contribution in [2.75, 3.05) is 12.4 Å². The Morgan fingerprint density at radius 3 is 2.51 bits per heavy atom. The average Bonchev–Trinajstić information content (AvgIpc) is 3.44. The summed E-state index contributed by atoms with van der Waals surface area (Å²) in [5.74, 6) is 0.457. The number of carbonyl (C=O) groups is 1. The molecule has 35 heavy (non-hydrogen) atoms. The van der Waals surface area contributed by atoms with Crippen molar-refractivity contribution in [2.24, 2.45) is 0 Å². The molecule has 2 aromatic heterocycles. The van der Waals surface area contributed by atoms with E-state index in [1.165, 1.54) is 17.9 Å². The van der Waals surface area contributed by atoms with Crippen LogP contribution in [0.1, 0.15) is 17.4 Å². The molecule has 4 atom stereocenters. The van der Waals surface area contributed by atoms with E-state index < -0.39 is 30.4 Å². The molecule has 3 heterocycles. The lowest BCUT2D eigenvalue weighted by molar-refractivity contribution is -0.137. The highest BCUT2D eigenvalue weighted by Crippen LogP contribution is 2.33. The Hall–Kier alpha value is -3.86. The first kappa shape index (κ1) is 22.9. The molecule has 0 aliphatic carbocycles. The maximum atomic E-state index is 12.1. The van der Waals surface area contributed by atoms with Crippen molar-refractivity contribution in [3.8, 4) is 11.4 Å². The number of likely N-dealkylation sites (N-methyl/N-ethyl adjacent to an activating group) is 1. The number of aliphatic hydroxyl groups excluding tert-OH is 2. The molecule has 180 valence electrons. The second-order valence-electron chi connectivity index (χ2n) is 8.47. The lowest BCUT2D eigenvalue weighted by Gasteiger charge is -2.17. The summed E-state index contributed by atoms with van der Waals surface area (Å²) in [4.78, 5) is 26.1. The summed E-state index contributed by atoms with van der Waals surface area (Å²) in [6, 6.07) is 17.7. The van der Waals surface area contributed by atoms with E-state index in [0.717, 1.165) is 16.7 Å². The fourth-order valence-electron chi connectivity index (χ4n) is 4.09. The van der Waals surface area contributed by atoms with Gasteiger partial charge in [-0.25, -0.2) is 15.0 Å². The summed E-state index contributed by atoms with van der Waals surface area (Å²) < 4.78 is 7.28. The zero-order valence-electron chi connectivity index (χ0n) is 19.3. The molecule has 1 amide bonds. The van der Waals surface area contributed by atoms with Crippen LogP contribution in [0.15, 0.2) is 60.9 Å². The van der Waals surface area contributed by atoms with Crippen LogP contribution in [0.2, 0.25) is 0 Å². The number of aryl methyl sites for hydroxylation is 1. The Kier molecular flexibility index (Phi) is 6.16.